The largest absolute Gasteiger partial charge is 0.495 e. The minimum absolute atomic E-state index is 0.223. The summed E-state index contributed by atoms with van der Waals surface area (Å²) in [6.07, 6.45) is -0.843. The van der Waals surface area contributed by atoms with Gasteiger partial charge in [-0.2, -0.15) is 0 Å². The van der Waals surface area contributed by atoms with Gasteiger partial charge in [0.15, 0.2) is 0 Å². The summed E-state index contributed by atoms with van der Waals surface area (Å²) in [5, 5.41) is 23.2. The van der Waals surface area contributed by atoms with Gasteiger partial charge in [0.05, 0.1) is 25.5 Å². The van der Waals surface area contributed by atoms with Crippen molar-refractivity contribution in [1.29, 1.82) is 0 Å². The lowest BCUT2D eigenvalue weighted by Crippen LogP contribution is -2.29. The van der Waals surface area contributed by atoms with Crippen LogP contribution in [0.15, 0.2) is 36.4 Å². The number of nitrogens with two attached hydrogens (primary N) is 3. The molecule has 2 aromatic carbocycles. The Kier molecular flexibility index (Phi) is 5.73. The third-order valence-corrected chi connectivity index (χ3v) is 3.92. The van der Waals surface area contributed by atoms with E-state index in [1.807, 2.05) is 0 Å². The maximum absolute atomic E-state index is 10.4. The smallest absolute Gasteiger partial charge is 0.141 e. The van der Waals surface area contributed by atoms with Crippen molar-refractivity contribution >= 4 is 22.7 Å². The van der Waals surface area contributed by atoms with Gasteiger partial charge in [-0.05, 0) is 35.9 Å². The molecule has 0 fully saturated rings. The van der Waals surface area contributed by atoms with E-state index in [1.165, 1.54) is 0 Å². The fraction of sp³-hybridized carbons (Fsp3) is 0.294. The molecule has 0 spiro atoms. The van der Waals surface area contributed by atoms with Crippen LogP contribution in [0.2, 0.25) is 0 Å². The Morgan fingerprint density at radius 3 is 2.42 bits per heavy atom. The number of benzene rings is 2. The zero-order valence-electron chi connectivity index (χ0n) is 13.6. The highest BCUT2D eigenvalue weighted by Crippen LogP contribution is 2.28. The molecular weight excluding hydrogens is 308 g/mol. The van der Waals surface area contributed by atoms with Crippen molar-refractivity contribution in [3.05, 3.63) is 42.0 Å². The number of nitrogen functional groups attached to an aromatic ring is 3. The van der Waals surface area contributed by atoms with Gasteiger partial charge in [-0.3, -0.25) is 0 Å². The van der Waals surface area contributed by atoms with Gasteiger partial charge in [0.2, 0.25) is 0 Å². The van der Waals surface area contributed by atoms with Gasteiger partial charge in [0, 0.05) is 29.5 Å². The number of anilines is 4. The molecule has 0 amide bonds. The fourth-order valence-corrected chi connectivity index (χ4v) is 2.57. The summed E-state index contributed by atoms with van der Waals surface area (Å²) in [5.74, 6) is 0.0673. The van der Waals surface area contributed by atoms with Crippen molar-refractivity contribution in [2.45, 2.75) is 12.0 Å². The molecule has 0 aromatic heterocycles. The van der Waals surface area contributed by atoms with Crippen molar-refractivity contribution in [1.82, 2.24) is 0 Å². The number of hydrogen-bond acceptors (Lipinski definition) is 7. The average Bonchev–Trinajstić information content (AvgIpc) is 2.55. The van der Waals surface area contributed by atoms with Crippen LogP contribution in [-0.2, 0) is 0 Å². The van der Waals surface area contributed by atoms with Crippen LogP contribution in [0.5, 0.6) is 5.75 Å². The van der Waals surface area contributed by atoms with E-state index in [-0.39, 0.29) is 13.2 Å². The third-order valence-electron chi connectivity index (χ3n) is 3.92. The molecule has 0 saturated carbocycles. The SMILES string of the molecule is COc1ccc(NCC(O)C(CO)c2ccc(N)cc2N)cc1N. The van der Waals surface area contributed by atoms with Crippen LogP contribution in [0, 0.1) is 0 Å². The van der Waals surface area contributed by atoms with Gasteiger partial charge in [-0.15, -0.1) is 0 Å². The summed E-state index contributed by atoms with van der Waals surface area (Å²) in [6, 6.07) is 10.3. The Morgan fingerprint density at radius 2 is 1.83 bits per heavy atom. The Morgan fingerprint density at radius 1 is 1.08 bits per heavy atom. The van der Waals surface area contributed by atoms with Crippen molar-refractivity contribution in [2.75, 3.05) is 42.8 Å². The number of methoxy groups -OCH3 is 1. The summed E-state index contributed by atoms with van der Waals surface area (Å²) in [4.78, 5) is 0. The van der Waals surface area contributed by atoms with Gasteiger partial charge in [0.25, 0.3) is 0 Å². The monoisotopic (exact) mass is 332 g/mol. The lowest BCUT2D eigenvalue weighted by atomic mass is 9.92. The summed E-state index contributed by atoms with van der Waals surface area (Å²) in [5.41, 5.74) is 20.4. The second-order valence-electron chi connectivity index (χ2n) is 5.58. The van der Waals surface area contributed by atoms with Crippen LogP contribution in [-0.4, -0.2) is 36.6 Å². The molecule has 7 nitrogen and oxygen atoms in total. The molecule has 7 heteroatoms. The number of nitrogens with one attached hydrogen (secondary N) is 1. The quantitative estimate of drug-likeness (QED) is 0.415. The van der Waals surface area contributed by atoms with E-state index in [9.17, 15) is 10.2 Å². The molecule has 0 aliphatic carbocycles. The first-order valence-electron chi connectivity index (χ1n) is 7.57. The summed E-state index contributed by atoms with van der Waals surface area (Å²) >= 11 is 0. The molecule has 0 aliphatic rings. The maximum Gasteiger partial charge on any atom is 0.141 e. The Hall–Kier alpha value is -2.64. The topological polar surface area (TPSA) is 140 Å². The standard InChI is InChI=1S/C17H24N4O3/c1-24-17-5-3-11(7-15(17)20)21-8-16(23)13(9-22)12-4-2-10(18)6-14(12)19/h2-7,13,16,21-23H,8-9,18-20H2,1H3. The number of aliphatic hydroxyl groups excluding tert-OH is 2. The van der Waals surface area contributed by atoms with Crippen molar-refractivity contribution in [2.24, 2.45) is 0 Å². The number of aliphatic hydroxyl groups is 2. The van der Waals surface area contributed by atoms with Gasteiger partial charge in [0.1, 0.15) is 5.75 Å². The molecular formula is C17H24N4O3. The summed E-state index contributed by atoms with van der Waals surface area (Å²) < 4.78 is 5.10. The van der Waals surface area contributed by atoms with E-state index in [1.54, 1.807) is 43.5 Å². The Labute approximate surface area is 141 Å². The molecule has 24 heavy (non-hydrogen) atoms. The van der Waals surface area contributed by atoms with E-state index in [0.29, 0.717) is 28.4 Å². The Bertz CT molecular complexity index is 694. The minimum Gasteiger partial charge on any atom is -0.495 e. The molecule has 0 saturated heterocycles. The molecule has 0 radical (unpaired) electrons. The molecule has 2 aromatic rings. The summed E-state index contributed by atoms with van der Waals surface area (Å²) in [7, 11) is 1.55. The lowest BCUT2D eigenvalue weighted by Gasteiger charge is -2.23. The molecule has 2 atom stereocenters. The minimum atomic E-state index is -0.843. The number of hydrogen-bond donors (Lipinski definition) is 6. The lowest BCUT2D eigenvalue weighted by molar-refractivity contribution is 0.116. The van der Waals surface area contributed by atoms with Gasteiger partial charge >= 0.3 is 0 Å². The Balaban J connectivity index is 2.06. The van der Waals surface area contributed by atoms with Crippen molar-refractivity contribution in [3.8, 4) is 5.75 Å². The highest BCUT2D eigenvalue weighted by atomic mass is 16.5. The first-order valence-corrected chi connectivity index (χ1v) is 7.57. The van der Waals surface area contributed by atoms with Crippen LogP contribution in [0.3, 0.4) is 0 Å². The maximum atomic E-state index is 10.4. The van der Waals surface area contributed by atoms with E-state index in [2.05, 4.69) is 5.32 Å². The zero-order valence-corrected chi connectivity index (χ0v) is 13.6. The van der Waals surface area contributed by atoms with Gasteiger partial charge in [-0.25, -0.2) is 0 Å². The normalized spacial score (nSPS) is 13.3. The second kappa shape index (κ2) is 7.76. The number of ether oxygens (including phenoxy) is 1. The first-order chi connectivity index (χ1) is 11.5. The summed E-state index contributed by atoms with van der Waals surface area (Å²) in [6.45, 7) is -0.0114. The molecule has 2 unspecified atom stereocenters. The van der Waals surface area contributed by atoms with Gasteiger partial charge < -0.3 is 37.5 Å². The van der Waals surface area contributed by atoms with Crippen LogP contribution in [0.1, 0.15) is 11.5 Å². The number of rotatable bonds is 7. The van der Waals surface area contributed by atoms with Crippen molar-refractivity contribution < 1.29 is 14.9 Å². The molecule has 0 heterocycles. The van der Waals surface area contributed by atoms with Crippen LogP contribution in [0.4, 0.5) is 22.7 Å². The van der Waals surface area contributed by atoms with Crippen LogP contribution < -0.4 is 27.3 Å². The highest BCUT2D eigenvalue weighted by Gasteiger charge is 2.22. The molecule has 0 bridgehead atoms. The average molecular weight is 332 g/mol. The fourth-order valence-electron chi connectivity index (χ4n) is 2.57. The van der Waals surface area contributed by atoms with Crippen LogP contribution in [0.25, 0.3) is 0 Å². The molecule has 9 N–H and O–H groups in total. The molecule has 130 valence electrons. The predicted molar refractivity (Wildman–Crippen MR) is 97.0 cm³/mol. The predicted octanol–water partition coefficient (Wildman–Crippen LogP) is 0.991. The van der Waals surface area contributed by atoms with Crippen LogP contribution >= 0.6 is 0 Å². The molecule has 0 aliphatic heterocycles. The third kappa shape index (κ3) is 4.01. The van der Waals surface area contributed by atoms with E-state index < -0.39 is 12.0 Å². The van der Waals surface area contributed by atoms with Gasteiger partial charge in [-0.1, -0.05) is 6.07 Å². The second-order valence-corrected chi connectivity index (χ2v) is 5.58. The van der Waals surface area contributed by atoms with E-state index in [4.69, 9.17) is 21.9 Å². The first kappa shape index (κ1) is 17.7. The highest BCUT2D eigenvalue weighted by molar-refractivity contribution is 5.62. The van der Waals surface area contributed by atoms with E-state index in [0.717, 1.165) is 5.69 Å². The van der Waals surface area contributed by atoms with Crippen molar-refractivity contribution in [3.63, 3.8) is 0 Å². The van der Waals surface area contributed by atoms with E-state index >= 15 is 0 Å². The zero-order chi connectivity index (χ0) is 17.7. The molecule has 2 rings (SSSR count).